The fourth-order valence-electron chi connectivity index (χ4n) is 2.67. The second kappa shape index (κ2) is 7.22. The Balaban J connectivity index is 2.03. The number of carboxylic acid groups (broad SMARTS) is 1. The molecule has 0 unspecified atom stereocenters. The Hall–Kier alpha value is -3.56. The van der Waals surface area contributed by atoms with Gasteiger partial charge in [0.05, 0.1) is 17.1 Å². The molecular formula is C18H11F4NO5. The van der Waals surface area contributed by atoms with E-state index in [-0.39, 0.29) is 17.4 Å². The van der Waals surface area contributed by atoms with E-state index < -0.39 is 35.3 Å². The molecule has 0 spiro atoms. The zero-order valence-electron chi connectivity index (χ0n) is 13.9. The normalized spacial score (nSPS) is 11.4. The Labute approximate surface area is 154 Å². The summed E-state index contributed by atoms with van der Waals surface area (Å²) in [5.74, 6) is -1.68. The number of hydrogen-bond acceptors (Lipinski definition) is 4. The maximum Gasteiger partial charge on any atom is 0.573 e. The van der Waals surface area contributed by atoms with Crippen LogP contribution >= 0.6 is 0 Å². The number of benzene rings is 2. The summed E-state index contributed by atoms with van der Waals surface area (Å²) in [6.07, 6.45) is -5.52. The fourth-order valence-corrected chi connectivity index (χ4v) is 2.67. The predicted molar refractivity (Wildman–Crippen MR) is 89.0 cm³/mol. The number of pyridine rings is 1. The lowest BCUT2D eigenvalue weighted by molar-refractivity contribution is -0.274. The summed E-state index contributed by atoms with van der Waals surface area (Å²) in [4.78, 5) is 23.1. The molecule has 0 saturated heterocycles. The van der Waals surface area contributed by atoms with Gasteiger partial charge in [-0.3, -0.25) is 4.79 Å². The molecule has 0 saturated carbocycles. The first-order valence-corrected chi connectivity index (χ1v) is 7.71. The SMILES string of the molecule is O=C(O)Oc1cn(Cc2ccc(OC(F)(F)F)cc2)c2c(F)cccc2c1=O. The van der Waals surface area contributed by atoms with Gasteiger partial charge in [0.15, 0.2) is 5.75 Å². The summed E-state index contributed by atoms with van der Waals surface area (Å²) >= 11 is 0. The van der Waals surface area contributed by atoms with Crippen molar-refractivity contribution in [1.29, 1.82) is 0 Å². The Kier molecular flexibility index (Phi) is 4.95. The molecule has 0 fully saturated rings. The molecular weight excluding hydrogens is 386 g/mol. The molecule has 10 heteroatoms. The molecule has 0 aliphatic carbocycles. The van der Waals surface area contributed by atoms with Crippen molar-refractivity contribution in [2.45, 2.75) is 12.9 Å². The maximum absolute atomic E-state index is 14.3. The van der Waals surface area contributed by atoms with Gasteiger partial charge in [-0.15, -0.1) is 13.2 Å². The fraction of sp³-hybridized carbons (Fsp3) is 0.111. The largest absolute Gasteiger partial charge is 0.573 e. The number of para-hydroxylation sites is 1. The van der Waals surface area contributed by atoms with E-state index in [0.717, 1.165) is 24.4 Å². The van der Waals surface area contributed by atoms with Crippen LogP contribution in [-0.4, -0.2) is 22.2 Å². The lowest BCUT2D eigenvalue weighted by Gasteiger charge is -2.14. The molecule has 2 aromatic carbocycles. The van der Waals surface area contributed by atoms with Gasteiger partial charge >= 0.3 is 12.5 Å². The zero-order chi connectivity index (χ0) is 20.5. The number of rotatable bonds is 4. The van der Waals surface area contributed by atoms with Crippen molar-refractivity contribution in [1.82, 2.24) is 4.57 Å². The zero-order valence-corrected chi connectivity index (χ0v) is 13.9. The van der Waals surface area contributed by atoms with Gasteiger partial charge < -0.3 is 19.1 Å². The average molecular weight is 397 g/mol. The summed E-state index contributed by atoms with van der Waals surface area (Å²) in [6, 6.07) is 8.53. The third kappa shape index (κ3) is 4.22. The van der Waals surface area contributed by atoms with Crippen molar-refractivity contribution < 1.29 is 36.9 Å². The van der Waals surface area contributed by atoms with Gasteiger partial charge in [-0.2, -0.15) is 0 Å². The van der Waals surface area contributed by atoms with Gasteiger partial charge in [-0.1, -0.05) is 18.2 Å². The van der Waals surface area contributed by atoms with E-state index in [0.29, 0.717) is 5.56 Å². The first kappa shape index (κ1) is 19.2. The third-order valence-electron chi connectivity index (χ3n) is 3.72. The lowest BCUT2D eigenvalue weighted by atomic mass is 10.1. The molecule has 1 heterocycles. The van der Waals surface area contributed by atoms with Crippen LogP contribution in [0.25, 0.3) is 10.9 Å². The first-order chi connectivity index (χ1) is 13.1. The van der Waals surface area contributed by atoms with Gasteiger partial charge in [-0.25, -0.2) is 9.18 Å². The molecule has 0 bridgehead atoms. The summed E-state index contributed by atoms with van der Waals surface area (Å²) in [5, 5.41) is 8.67. The molecule has 1 N–H and O–H groups in total. The van der Waals surface area contributed by atoms with Gasteiger partial charge in [0.25, 0.3) is 0 Å². The Bertz CT molecular complexity index is 1090. The van der Waals surface area contributed by atoms with Crippen LogP contribution in [0.4, 0.5) is 22.4 Å². The van der Waals surface area contributed by atoms with E-state index in [1.807, 2.05) is 0 Å². The molecule has 0 radical (unpaired) electrons. The minimum absolute atomic E-state index is 0.0695. The van der Waals surface area contributed by atoms with E-state index >= 15 is 0 Å². The van der Waals surface area contributed by atoms with E-state index in [1.165, 1.54) is 28.8 Å². The van der Waals surface area contributed by atoms with E-state index in [1.54, 1.807) is 0 Å². The molecule has 3 rings (SSSR count). The number of nitrogens with zero attached hydrogens (tertiary/aromatic N) is 1. The van der Waals surface area contributed by atoms with Crippen molar-refractivity contribution in [2.24, 2.45) is 0 Å². The molecule has 0 atom stereocenters. The highest BCUT2D eigenvalue weighted by atomic mass is 19.4. The average Bonchev–Trinajstić information content (AvgIpc) is 2.59. The summed E-state index contributed by atoms with van der Waals surface area (Å²) < 4.78 is 60.5. The number of ether oxygens (including phenoxy) is 2. The van der Waals surface area contributed by atoms with Gasteiger partial charge in [0.2, 0.25) is 5.43 Å². The van der Waals surface area contributed by atoms with Crippen molar-refractivity contribution in [2.75, 3.05) is 0 Å². The van der Waals surface area contributed by atoms with Crippen molar-refractivity contribution in [3.63, 3.8) is 0 Å². The number of alkyl halides is 3. The molecule has 28 heavy (non-hydrogen) atoms. The number of fused-ring (bicyclic) bond motifs is 1. The third-order valence-corrected chi connectivity index (χ3v) is 3.72. The number of carbonyl (C=O) groups is 1. The quantitative estimate of drug-likeness (QED) is 0.529. The predicted octanol–water partition coefficient (Wildman–Crippen LogP) is 4.14. The van der Waals surface area contributed by atoms with Crippen LogP contribution in [0.3, 0.4) is 0 Å². The second-order valence-electron chi connectivity index (χ2n) is 5.65. The van der Waals surface area contributed by atoms with Crippen molar-refractivity contribution in [3.8, 4) is 11.5 Å². The van der Waals surface area contributed by atoms with Crippen LogP contribution < -0.4 is 14.9 Å². The van der Waals surface area contributed by atoms with E-state index in [2.05, 4.69) is 9.47 Å². The molecule has 6 nitrogen and oxygen atoms in total. The Morgan fingerprint density at radius 2 is 1.79 bits per heavy atom. The molecule has 0 aliphatic rings. The van der Waals surface area contributed by atoms with E-state index in [4.69, 9.17) is 5.11 Å². The van der Waals surface area contributed by atoms with Crippen molar-refractivity contribution in [3.05, 3.63) is 70.3 Å². The van der Waals surface area contributed by atoms with Crippen LogP contribution in [0.1, 0.15) is 5.56 Å². The molecule has 1 aromatic heterocycles. The minimum atomic E-state index is -4.83. The first-order valence-electron chi connectivity index (χ1n) is 7.71. The number of halogens is 4. The Morgan fingerprint density at radius 3 is 2.39 bits per heavy atom. The minimum Gasteiger partial charge on any atom is -0.449 e. The molecule has 0 aliphatic heterocycles. The van der Waals surface area contributed by atoms with Gasteiger partial charge in [-0.05, 0) is 29.8 Å². The standard InChI is InChI=1S/C18H11F4NO5/c19-13-3-1-2-12-15(13)23(9-14(16(12)24)27-17(25)26)8-10-4-6-11(7-5-10)28-18(20,21)22/h1-7,9H,8H2,(H,25,26). The van der Waals surface area contributed by atoms with Gasteiger partial charge in [0, 0.05) is 6.54 Å². The molecule has 3 aromatic rings. The van der Waals surface area contributed by atoms with E-state index in [9.17, 15) is 27.2 Å². The van der Waals surface area contributed by atoms with Crippen LogP contribution in [0.5, 0.6) is 11.5 Å². The van der Waals surface area contributed by atoms with Crippen LogP contribution in [0.15, 0.2) is 53.5 Å². The summed E-state index contributed by atoms with van der Waals surface area (Å²) in [6.45, 7) is -0.0695. The monoisotopic (exact) mass is 397 g/mol. The highest BCUT2D eigenvalue weighted by Crippen LogP contribution is 2.24. The highest BCUT2D eigenvalue weighted by Gasteiger charge is 2.31. The van der Waals surface area contributed by atoms with Crippen molar-refractivity contribution >= 4 is 17.1 Å². The second-order valence-corrected chi connectivity index (χ2v) is 5.65. The number of aromatic nitrogens is 1. The van der Waals surface area contributed by atoms with Crippen LogP contribution in [-0.2, 0) is 6.54 Å². The van der Waals surface area contributed by atoms with Gasteiger partial charge in [0.1, 0.15) is 11.6 Å². The van der Waals surface area contributed by atoms with Crippen LogP contribution in [0, 0.1) is 5.82 Å². The smallest absolute Gasteiger partial charge is 0.449 e. The lowest BCUT2D eigenvalue weighted by Crippen LogP contribution is -2.18. The summed E-state index contributed by atoms with van der Waals surface area (Å²) in [5.41, 5.74) is -0.452. The summed E-state index contributed by atoms with van der Waals surface area (Å²) in [7, 11) is 0. The number of hydrogen-bond donors (Lipinski definition) is 1. The Morgan fingerprint density at radius 1 is 1.11 bits per heavy atom. The highest BCUT2D eigenvalue weighted by molar-refractivity contribution is 5.81. The molecule has 146 valence electrons. The van der Waals surface area contributed by atoms with Crippen LogP contribution in [0.2, 0.25) is 0 Å². The maximum atomic E-state index is 14.3. The topological polar surface area (TPSA) is 77.8 Å². The molecule has 0 amide bonds.